The van der Waals surface area contributed by atoms with Gasteiger partial charge in [0.1, 0.15) is 0 Å². The van der Waals surface area contributed by atoms with Crippen molar-refractivity contribution >= 4 is 11.8 Å². The number of amides is 2. The molecule has 38 heavy (non-hydrogen) atoms. The summed E-state index contributed by atoms with van der Waals surface area (Å²) in [6.07, 6.45) is 29.1. The highest BCUT2D eigenvalue weighted by atomic mass is 16.2. The second kappa shape index (κ2) is 28.9. The molecule has 0 aromatic carbocycles. The summed E-state index contributed by atoms with van der Waals surface area (Å²) in [5, 5.41) is 6.30. The second-order valence-corrected chi connectivity index (χ2v) is 11.8. The van der Waals surface area contributed by atoms with E-state index in [0.717, 1.165) is 51.4 Å². The van der Waals surface area contributed by atoms with Gasteiger partial charge in [0.2, 0.25) is 11.8 Å². The highest BCUT2D eigenvalue weighted by Crippen LogP contribution is 2.20. The van der Waals surface area contributed by atoms with E-state index >= 15 is 0 Å². The zero-order chi connectivity index (χ0) is 28.1. The second-order valence-electron chi connectivity index (χ2n) is 11.8. The smallest absolute Gasteiger partial charge is 0.223 e. The molecule has 0 aliphatic heterocycles. The molecule has 0 unspecified atom stereocenters. The maximum atomic E-state index is 12.9. The fourth-order valence-electron chi connectivity index (χ4n) is 5.45. The monoisotopic (exact) mass is 537 g/mol. The molecule has 0 radical (unpaired) electrons. The van der Waals surface area contributed by atoms with E-state index in [-0.39, 0.29) is 23.7 Å². The minimum atomic E-state index is 0.131. The molecule has 4 heteroatoms. The lowest BCUT2D eigenvalue weighted by molar-refractivity contribution is -0.127. The van der Waals surface area contributed by atoms with Crippen molar-refractivity contribution in [3.05, 3.63) is 0 Å². The first-order chi connectivity index (χ1) is 18.6. The minimum absolute atomic E-state index is 0.131. The van der Waals surface area contributed by atoms with Crippen LogP contribution in [-0.2, 0) is 9.59 Å². The van der Waals surface area contributed by atoms with Crippen molar-refractivity contribution in [2.24, 2.45) is 11.8 Å². The molecule has 0 saturated carbocycles. The van der Waals surface area contributed by atoms with Crippen LogP contribution in [0.25, 0.3) is 0 Å². The molecule has 226 valence electrons. The zero-order valence-electron chi connectivity index (χ0n) is 26.4. The van der Waals surface area contributed by atoms with E-state index in [1.165, 1.54) is 103 Å². The molecule has 0 aliphatic carbocycles. The first-order valence-electron chi connectivity index (χ1n) is 17.2. The molecule has 0 fully saturated rings. The molecule has 0 saturated heterocycles. The standard InChI is InChI=1S/C34H68N2O2/c1-5-9-13-15-17-19-23-27-31(25-21-11-7-3)33(37)35-29-30-36-34(38)32(26-22-12-8-4)28-24-20-18-16-14-10-6-2/h31-32H,5-30H2,1-4H3,(H,35,37)(H,36,38)/t31-,32+. The van der Waals surface area contributed by atoms with Crippen molar-refractivity contribution in [1.82, 2.24) is 10.6 Å². The van der Waals surface area contributed by atoms with Gasteiger partial charge in [0.05, 0.1) is 0 Å². The molecule has 4 nitrogen and oxygen atoms in total. The summed E-state index contributed by atoms with van der Waals surface area (Å²) in [4.78, 5) is 25.9. The Morgan fingerprint density at radius 1 is 0.395 bits per heavy atom. The molecule has 0 rings (SSSR count). The van der Waals surface area contributed by atoms with Crippen molar-refractivity contribution in [3.63, 3.8) is 0 Å². The van der Waals surface area contributed by atoms with Crippen LogP contribution >= 0.6 is 0 Å². The lowest BCUT2D eigenvalue weighted by Gasteiger charge is -2.19. The summed E-state index contributed by atoms with van der Waals surface area (Å²) in [5.41, 5.74) is 0. The first-order valence-corrected chi connectivity index (χ1v) is 17.2. The normalized spacial score (nSPS) is 12.8. The van der Waals surface area contributed by atoms with Gasteiger partial charge in [-0.05, 0) is 25.7 Å². The molecule has 0 aliphatic rings. The van der Waals surface area contributed by atoms with E-state index in [0.29, 0.717) is 13.1 Å². The Morgan fingerprint density at radius 3 is 0.947 bits per heavy atom. The van der Waals surface area contributed by atoms with E-state index in [2.05, 4.69) is 38.3 Å². The lowest BCUT2D eigenvalue weighted by atomic mass is 9.93. The molecular weight excluding hydrogens is 468 g/mol. The summed E-state index contributed by atoms with van der Waals surface area (Å²) in [7, 11) is 0. The van der Waals surface area contributed by atoms with Crippen LogP contribution in [0.4, 0.5) is 0 Å². The lowest BCUT2D eigenvalue weighted by Crippen LogP contribution is -2.39. The van der Waals surface area contributed by atoms with Crippen molar-refractivity contribution in [2.75, 3.05) is 13.1 Å². The Balaban J connectivity index is 4.39. The Hall–Kier alpha value is -1.06. The highest BCUT2D eigenvalue weighted by Gasteiger charge is 2.19. The van der Waals surface area contributed by atoms with Gasteiger partial charge < -0.3 is 10.6 Å². The predicted molar refractivity (Wildman–Crippen MR) is 167 cm³/mol. The Kier molecular flexibility index (Phi) is 28.1. The zero-order valence-corrected chi connectivity index (χ0v) is 26.4. The van der Waals surface area contributed by atoms with Crippen LogP contribution in [0.15, 0.2) is 0 Å². The topological polar surface area (TPSA) is 58.2 Å². The Labute approximate surface area is 238 Å². The van der Waals surface area contributed by atoms with Crippen molar-refractivity contribution in [1.29, 1.82) is 0 Å². The average Bonchev–Trinajstić information content (AvgIpc) is 2.92. The van der Waals surface area contributed by atoms with Gasteiger partial charge in [0, 0.05) is 24.9 Å². The average molecular weight is 537 g/mol. The molecule has 0 aromatic heterocycles. The third-order valence-electron chi connectivity index (χ3n) is 8.09. The fraction of sp³-hybridized carbons (Fsp3) is 0.941. The maximum absolute atomic E-state index is 12.9. The molecule has 2 amide bonds. The quantitative estimate of drug-likeness (QED) is 0.0934. The van der Waals surface area contributed by atoms with Crippen LogP contribution in [-0.4, -0.2) is 24.9 Å². The SMILES string of the molecule is CCCCCCCCC[C@@H](CCCCC)C(=O)NCCNC(=O)[C@@H](CCCCC)CCCCCCCCC. The number of carbonyl (C=O) groups is 2. The molecular formula is C34H68N2O2. The number of hydrogen-bond donors (Lipinski definition) is 2. The predicted octanol–water partition coefficient (Wildman–Crippen LogP) is 9.89. The van der Waals surface area contributed by atoms with Gasteiger partial charge in [0.25, 0.3) is 0 Å². The van der Waals surface area contributed by atoms with Crippen LogP contribution in [0.2, 0.25) is 0 Å². The van der Waals surface area contributed by atoms with E-state index in [9.17, 15) is 9.59 Å². The van der Waals surface area contributed by atoms with Gasteiger partial charge in [-0.25, -0.2) is 0 Å². The largest absolute Gasteiger partial charge is 0.354 e. The number of unbranched alkanes of at least 4 members (excludes halogenated alkanes) is 16. The van der Waals surface area contributed by atoms with Gasteiger partial charge in [-0.3, -0.25) is 9.59 Å². The number of carbonyl (C=O) groups excluding carboxylic acids is 2. The third kappa shape index (κ3) is 22.9. The summed E-state index contributed by atoms with van der Waals surface area (Å²) < 4.78 is 0. The van der Waals surface area contributed by atoms with Crippen molar-refractivity contribution in [3.8, 4) is 0 Å². The Morgan fingerprint density at radius 2 is 0.632 bits per heavy atom. The fourth-order valence-corrected chi connectivity index (χ4v) is 5.45. The first kappa shape index (κ1) is 36.9. The molecule has 2 atom stereocenters. The Bertz CT molecular complexity index is 477. The van der Waals surface area contributed by atoms with E-state index in [1.54, 1.807) is 0 Å². The van der Waals surface area contributed by atoms with Crippen LogP contribution in [0, 0.1) is 11.8 Å². The molecule has 0 aromatic rings. The van der Waals surface area contributed by atoms with Gasteiger partial charge in [-0.1, -0.05) is 156 Å². The van der Waals surface area contributed by atoms with Crippen LogP contribution in [0.5, 0.6) is 0 Å². The molecule has 0 bridgehead atoms. The summed E-state index contributed by atoms with van der Waals surface area (Å²) in [5.74, 6) is 0.659. The van der Waals surface area contributed by atoms with Gasteiger partial charge in [0.15, 0.2) is 0 Å². The third-order valence-corrected chi connectivity index (χ3v) is 8.09. The number of rotatable bonds is 29. The van der Waals surface area contributed by atoms with Gasteiger partial charge in [-0.15, -0.1) is 0 Å². The number of hydrogen-bond acceptors (Lipinski definition) is 2. The van der Waals surface area contributed by atoms with Gasteiger partial charge in [-0.2, -0.15) is 0 Å². The maximum Gasteiger partial charge on any atom is 0.223 e. The van der Waals surface area contributed by atoms with Crippen molar-refractivity contribution in [2.45, 2.75) is 182 Å². The van der Waals surface area contributed by atoms with Gasteiger partial charge >= 0.3 is 0 Å². The van der Waals surface area contributed by atoms with E-state index < -0.39 is 0 Å². The highest BCUT2D eigenvalue weighted by molar-refractivity contribution is 5.79. The van der Waals surface area contributed by atoms with E-state index in [1.807, 2.05) is 0 Å². The minimum Gasteiger partial charge on any atom is -0.354 e. The molecule has 0 heterocycles. The summed E-state index contributed by atoms with van der Waals surface area (Å²) in [6.45, 7) is 10.0. The summed E-state index contributed by atoms with van der Waals surface area (Å²) >= 11 is 0. The summed E-state index contributed by atoms with van der Waals surface area (Å²) in [6, 6.07) is 0. The van der Waals surface area contributed by atoms with Crippen LogP contribution in [0.3, 0.4) is 0 Å². The number of nitrogens with one attached hydrogen (secondary N) is 2. The van der Waals surface area contributed by atoms with E-state index in [4.69, 9.17) is 0 Å². The molecule has 2 N–H and O–H groups in total. The van der Waals surface area contributed by atoms with Crippen LogP contribution in [0.1, 0.15) is 182 Å². The van der Waals surface area contributed by atoms with Crippen molar-refractivity contribution < 1.29 is 9.59 Å². The molecule has 0 spiro atoms. The van der Waals surface area contributed by atoms with Crippen LogP contribution < -0.4 is 10.6 Å².